The maximum Gasteiger partial charge on any atom is 0.240 e. The number of hydrogen-bond acceptors (Lipinski definition) is 6. The van der Waals surface area contributed by atoms with Crippen LogP contribution in [0, 0.1) is 0 Å². The molecule has 2 N–H and O–H groups in total. The van der Waals surface area contributed by atoms with Crippen LogP contribution in [0.25, 0.3) is 0 Å². The molecule has 8 heteroatoms. The summed E-state index contributed by atoms with van der Waals surface area (Å²) in [7, 11) is 0. The van der Waals surface area contributed by atoms with Gasteiger partial charge < -0.3 is 10.1 Å². The van der Waals surface area contributed by atoms with Crippen LogP contribution in [0.5, 0.6) is 0 Å². The second kappa shape index (κ2) is 7.54. The molecule has 0 bridgehead atoms. The van der Waals surface area contributed by atoms with Crippen LogP contribution in [0.4, 0.5) is 5.13 Å². The number of hydrogen-bond donors (Lipinski definition) is 2. The van der Waals surface area contributed by atoms with Crippen LogP contribution >= 0.6 is 23.7 Å². The van der Waals surface area contributed by atoms with Gasteiger partial charge in [-0.05, 0) is 12.8 Å². The molecule has 1 fully saturated rings. The highest BCUT2D eigenvalue weighted by Gasteiger charge is 2.15. The van der Waals surface area contributed by atoms with E-state index < -0.39 is 0 Å². The van der Waals surface area contributed by atoms with Crippen molar-refractivity contribution in [1.82, 2.24) is 15.5 Å². The van der Waals surface area contributed by atoms with E-state index in [2.05, 4.69) is 20.8 Å². The van der Waals surface area contributed by atoms with Crippen molar-refractivity contribution in [3.8, 4) is 0 Å². The highest BCUT2D eigenvalue weighted by molar-refractivity contribution is 7.13. The van der Waals surface area contributed by atoms with E-state index in [-0.39, 0.29) is 31.0 Å². The summed E-state index contributed by atoms with van der Waals surface area (Å²) < 4.78 is 5.43. The zero-order chi connectivity index (χ0) is 11.2. The van der Waals surface area contributed by atoms with Gasteiger partial charge in [0.05, 0.1) is 12.6 Å². The highest BCUT2D eigenvalue weighted by atomic mass is 35.5. The molecule has 1 atom stereocenters. The van der Waals surface area contributed by atoms with E-state index >= 15 is 0 Å². The fraction of sp³-hybridized carbons (Fsp3) is 0.667. The van der Waals surface area contributed by atoms with Crippen LogP contribution in [0.2, 0.25) is 0 Å². The predicted octanol–water partition coefficient (Wildman–Crippen LogP) is 0.667. The van der Waals surface area contributed by atoms with Gasteiger partial charge >= 0.3 is 0 Å². The summed E-state index contributed by atoms with van der Waals surface area (Å²) in [4.78, 5) is 11.4. The Morgan fingerprint density at radius 3 is 3.18 bits per heavy atom. The zero-order valence-corrected chi connectivity index (χ0v) is 10.9. The molecule has 1 aliphatic rings. The number of rotatable bonds is 5. The molecule has 0 spiro atoms. The van der Waals surface area contributed by atoms with Crippen LogP contribution in [-0.4, -0.2) is 41.9 Å². The molecule has 6 nitrogen and oxygen atoms in total. The van der Waals surface area contributed by atoms with Gasteiger partial charge in [0.1, 0.15) is 5.51 Å². The first-order valence-corrected chi connectivity index (χ1v) is 6.11. The highest BCUT2D eigenvalue weighted by Crippen LogP contribution is 2.10. The van der Waals surface area contributed by atoms with Crippen LogP contribution < -0.4 is 10.6 Å². The summed E-state index contributed by atoms with van der Waals surface area (Å²) in [6.45, 7) is 1.84. The average Bonchev–Trinajstić information content (AvgIpc) is 2.90. The average molecular weight is 279 g/mol. The van der Waals surface area contributed by atoms with Gasteiger partial charge in [0.2, 0.25) is 11.0 Å². The predicted molar refractivity (Wildman–Crippen MR) is 67.6 cm³/mol. The zero-order valence-electron chi connectivity index (χ0n) is 9.22. The largest absolute Gasteiger partial charge is 0.377 e. The summed E-state index contributed by atoms with van der Waals surface area (Å²) in [5, 5.41) is 13.6. The van der Waals surface area contributed by atoms with Crippen molar-refractivity contribution >= 4 is 34.8 Å². The first-order chi connectivity index (χ1) is 7.84. The number of aromatic nitrogens is 2. The van der Waals surface area contributed by atoms with Crippen molar-refractivity contribution in [2.24, 2.45) is 0 Å². The third-order valence-electron chi connectivity index (χ3n) is 2.29. The second-order valence-corrected chi connectivity index (χ2v) is 4.39. The lowest BCUT2D eigenvalue weighted by atomic mass is 10.2. The molecular weight excluding hydrogens is 264 g/mol. The number of anilines is 1. The Kier molecular flexibility index (Phi) is 6.35. The minimum atomic E-state index is -0.102. The Bertz CT molecular complexity index is 330. The number of halogens is 1. The quantitative estimate of drug-likeness (QED) is 0.828. The van der Waals surface area contributed by atoms with Crippen molar-refractivity contribution in [2.45, 2.75) is 18.9 Å². The lowest BCUT2D eigenvalue weighted by Crippen LogP contribution is -2.33. The van der Waals surface area contributed by atoms with Crippen LogP contribution in [0.1, 0.15) is 12.8 Å². The normalized spacial score (nSPS) is 18.7. The molecule has 0 aliphatic carbocycles. The number of carbonyl (C=O) groups excluding carboxylic acids is 1. The number of amides is 1. The van der Waals surface area contributed by atoms with Gasteiger partial charge in [0, 0.05) is 13.2 Å². The van der Waals surface area contributed by atoms with Crippen molar-refractivity contribution in [3.63, 3.8) is 0 Å². The first-order valence-electron chi connectivity index (χ1n) is 5.23. The number of ether oxygens (including phenoxy) is 1. The fourth-order valence-corrected chi connectivity index (χ4v) is 2.00. The third kappa shape index (κ3) is 4.95. The van der Waals surface area contributed by atoms with E-state index in [4.69, 9.17) is 4.74 Å². The summed E-state index contributed by atoms with van der Waals surface area (Å²) in [6.07, 6.45) is 2.45. The maximum absolute atomic E-state index is 11.4. The van der Waals surface area contributed by atoms with Gasteiger partial charge in [0.15, 0.2) is 0 Å². The molecule has 0 aromatic carbocycles. The summed E-state index contributed by atoms with van der Waals surface area (Å²) in [5.74, 6) is -0.102. The van der Waals surface area contributed by atoms with Crippen molar-refractivity contribution < 1.29 is 9.53 Å². The van der Waals surface area contributed by atoms with Gasteiger partial charge in [-0.2, -0.15) is 0 Å². The molecular formula is C9H15ClN4O2S. The van der Waals surface area contributed by atoms with Gasteiger partial charge in [0.25, 0.3) is 0 Å². The molecule has 1 aromatic rings. The van der Waals surface area contributed by atoms with E-state index in [9.17, 15) is 4.79 Å². The van der Waals surface area contributed by atoms with Gasteiger partial charge in [-0.1, -0.05) is 11.3 Å². The van der Waals surface area contributed by atoms with Crippen molar-refractivity contribution in [3.05, 3.63) is 5.51 Å². The molecule has 1 saturated heterocycles. The molecule has 1 aliphatic heterocycles. The molecule has 1 aromatic heterocycles. The third-order valence-corrected chi connectivity index (χ3v) is 2.89. The van der Waals surface area contributed by atoms with Gasteiger partial charge in [-0.15, -0.1) is 22.6 Å². The first kappa shape index (κ1) is 14.3. The molecule has 1 unspecified atom stereocenters. The molecule has 0 saturated carbocycles. The fourth-order valence-electron chi connectivity index (χ4n) is 1.54. The van der Waals surface area contributed by atoms with E-state index in [1.54, 1.807) is 5.51 Å². The summed E-state index contributed by atoms with van der Waals surface area (Å²) in [6, 6.07) is 0. The Morgan fingerprint density at radius 1 is 1.65 bits per heavy atom. The smallest absolute Gasteiger partial charge is 0.240 e. The maximum atomic E-state index is 11.4. The summed E-state index contributed by atoms with van der Waals surface area (Å²) in [5.41, 5.74) is 1.58. The minimum Gasteiger partial charge on any atom is -0.377 e. The van der Waals surface area contributed by atoms with Crippen molar-refractivity contribution in [2.75, 3.05) is 25.0 Å². The number of nitrogens with one attached hydrogen (secondary N) is 2. The van der Waals surface area contributed by atoms with E-state index in [0.29, 0.717) is 5.13 Å². The van der Waals surface area contributed by atoms with Gasteiger partial charge in [-0.25, -0.2) is 0 Å². The monoisotopic (exact) mass is 278 g/mol. The van der Waals surface area contributed by atoms with Crippen LogP contribution in [0.3, 0.4) is 0 Å². The Labute approximate surface area is 110 Å². The number of nitrogens with zero attached hydrogens (tertiary/aromatic N) is 2. The molecule has 96 valence electrons. The summed E-state index contributed by atoms with van der Waals surface area (Å²) >= 11 is 1.30. The lowest BCUT2D eigenvalue weighted by Gasteiger charge is -2.09. The Hall–Kier alpha value is -0.760. The second-order valence-electron chi connectivity index (χ2n) is 3.56. The molecule has 1 amide bonds. The standard InChI is InChI=1S/C9H14N4O2S.ClH/c14-8(12-9-13-11-6-16-9)5-10-4-7-2-1-3-15-7;/h6-7,10H,1-5H2,(H,12,13,14);1H. The lowest BCUT2D eigenvalue weighted by molar-refractivity contribution is -0.115. The minimum absolute atomic E-state index is 0. The van der Waals surface area contributed by atoms with E-state index in [1.165, 1.54) is 11.3 Å². The molecule has 2 rings (SSSR count). The van der Waals surface area contributed by atoms with Crippen LogP contribution in [-0.2, 0) is 9.53 Å². The molecule has 2 heterocycles. The van der Waals surface area contributed by atoms with Crippen molar-refractivity contribution in [1.29, 1.82) is 0 Å². The molecule has 17 heavy (non-hydrogen) atoms. The van der Waals surface area contributed by atoms with Gasteiger partial charge in [-0.3, -0.25) is 10.1 Å². The number of carbonyl (C=O) groups is 1. The van der Waals surface area contributed by atoms with E-state index in [0.717, 1.165) is 26.0 Å². The SMILES string of the molecule is Cl.O=C(CNCC1CCCO1)Nc1nncs1. The Morgan fingerprint density at radius 2 is 2.53 bits per heavy atom. The van der Waals surface area contributed by atoms with Crippen LogP contribution in [0.15, 0.2) is 5.51 Å². The Balaban J connectivity index is 0.00000144. The topological polar surface area (TPSA) is 76.1 Å². The van der Waals surface area contributed by atoms with E-state index in [1.807, 2.05) is 0 Å². The molecule has 0 radical (unpaired) electrons.